The summed E-state index contributed by atoms with van der Waals surface area (Å²) in [6, 6.07) is 5.26. The van der Waals surface area contributed by atoms with Crippen LogP contribution in [0.3, 0.4) is 0 Å². The molecule has 2 rings (SSSR count). The van der Waals surface area contributed by atoms with E-state index in [0.29, 0.717) is 22.1 Å². The van der Waals surface area contributed by atoms with Crippen LogP contribution in [0.1, 0.15) is 22.6 Å². The average Bonchev–Trinajstić information content (AvgIpc) is 2.67. The molecule has 0 fully saturated rings. The fraction of sp³-hybridized carbons (Fsp3) is 0.308. The van der Waals surface area contributed by atoms with Crippen LogP contribution in [-0.4, -0.2) is 4.98 Å². The minimum atomic E-state index is -0.229. The zero-order valence-corrected chi connectivity index (χ0v) is 11.2. The van der Waals surface area contributed by atoms with Gasteiger partial charge in [-0.15, -0.1) is 0 Å². The first kappa shape index (κ1) is 13.1. The zero-order chi connectivity index (χ0) is 13.1. The number of nitrogens with zero attached hydrogens (tertiary/aromatic N) is 1. The van der Waals surface area contributed by atoms with Crippen LogP contribution in [0.25, 0.3) is 0 Å². The van der Waals surface area contributed by atoms with Crippen LogP contribution in [0.2, 0.25) is 0 Å². The molecular formula is C13H15FN2OS. The Balaban J connectivity index is 2.10. The Bertz CT molecular complexity index is 534. The molecule has 0 atom stereocenters. The summed E-state index contributed by atoms with van der Waals surface area (Å²) in [5.41, 5.74) is 7.50. The highest BCUT2D eigenvalue weighted by atomic mass is 32.2. The van der Waals surface area contributed by atoms with Gasteiger partial charge in [0.2, 0.25) is 0 Å². The topological polar surface area (TPSA) is 52.0 Å². The van der Waals surface area contributed by atoms with Gasteiger partial charge in [-0.25, -0.2) is 9.37 Å². The second-order valence-electron chi connectivity index (χ2n) is 4.00. The highest BCUT2D eigenvalue weighted by Gasteiger charge is 2.10. The van der Waals surface area contributed by atoms with Gasteiger partial charge < -0.3 is 10.2 Å². The van der Waals surface area contributed by atoms with Crippen LogP contribution < -0.4 is 5.73 Å². The summed E-state index contributed by atoms with van der Waals surface area (Å²) in [5, 5.41) is 0.572. The molecule has 0 unspecified atom stereocenters. The summed E-state index contributed by atoms with van der Waals surface area (Å²) in [4.78, 5) is 4.25. The maximum atomic E-state index is 13.9. The minimum absolute atomic E-state index is 0.210. The third-order valence-corrected chi connectivity index (χ3v) is 3.62. The van der Waals surface area contributed by atoms with E-state index in [9.17, 15) is 4.39 Å². The van der Waals surface area contributed by atoms with Crippen molar-refractivity contribution in [2.24, 2.45) is 5.73 Å². The number of aromatic nitrogens is 1. The standard InChI is InChI=1S/C13H15FN2OS/c1-8-9(2)17-13(16-8)18-7-11-5-3-4-10(6-15)12(11)14/h3-5H,6-7,15H2,1-2H3. The Morgan fingerprint density at radius 3 is 2.67 bits per heavy atom. The number of oxazole rings is 1. The molecule has 0 spiro atoms. The van der Waals surface area contributed by atoms with E-state index >= 15 is 0 Å². The number of benzene rings is 1. The lowest BCUT2D eigenvalue weighted by Gasteiger charge is -2.05. The molecule has 2 aromatic rings. The Hall–Kier alpha value is -1.33. The van der Waals surface area contributed by atoms with E-state index < -0.39 is 0 Å². The van der Waals surface area contributed by atoms with Crippen molar-refractivity contribution < 1.29 is 8.81 Å². The predicted molar refractivity (Wildman–Crippen MR) is 69.8 cm³/mol. The summed E-state index contributed by atoms with van der Waals surface area (Å²) < 4.78 is 19.4. The van der Waals surface area contributed by atoms with Gasteiger partial charge in [0.05, 0.1) is 5.69 Å². The normalized spacial score (nSPS) is 10.9. The quantitative estimate of drug-likeness (QED) is 0.863. The summed E-state index contributed by atoms with van der Waals surface area (Å²) in [6.45, 7) is 3.96. The maximum absolute atomic E-state index is 13.9. The van der Waals surface area contributed by atoms with Crippen LogP contribution in [0.4, 0.5) is 4.39 Å². The van der Waals surface area contributed by atoms with Gasteiger partial charge in [-0.05, 0) is 19.4 Å². The second-order valence-corrected chi connectivity index (χ2v) is 4.93. The predicted octanol–water partition coefficient (Wildman–Crippen LogP) is 3.18. The first-order valence-corrected chi connectivity index (χ1v) is 6.63. The van der Waals surface area contributed by atoms with E-state index in [1.165, 1.54) is 11.8 Å². The lowest BCUT2D eigenvalue weighted by Crippen LogP contribution is -2.02. The van der Waals surface area contributed by atoms with Crippen LogP contribution >= 0.6 is 11.8 Å². The average molecular weight is 266 g/mol. The third kappa shape index (κ3) is 2.73. The van der Waals surface area contributed by atoms with Gasteiger partial charge >= 0.3 is 0 Å². The Labute approximate surface area is 110 Å². The van der Waals surface area contributed by atoms with Gasteiger partial charge in [-0.1, -0.05) is 30.0 Å². The highest BCUT2D eigenvalue weighted by molar-refractivity contribution is 7.98. The van der Waals surface area contributed by atoms with Crippen LogP contribution in [0, 0.1) is 19.7 Å². The van der Waals surface area contributed by atoms with Crippen LogP contribution in [-0.2, 0) is 12.3 Å². The smallest absolute Gasteiger partial charge is 0.256 e. The number of hydrogen-bond acceptors (Lipinski definition) is 4. The fourth-order valence-electron chi connectivity index (χ4n) is 1.55. The number of rotatable bonds is 4. The lowest BCUT2D eigenvalue weighted by atomic mass is 10.1. The van der Waals surface area contributed by atoms with E-state index in [4.69, 9.17) is 10.2 Å². The van der Waals surface area contributed by atoms with E-state index in [2.05, 4.69) is 4.98 Å². The van der Waals surface area contributed by atoms with Crippen LogP contribution in [0.5, 0.6) is 0 Å². The summed E-state index contributed by atoms with van der Waals surface area (Å²) >= 11 is 1.38. The molecule has 96 valence electrons. The molecule has 0 amide bonds. The molecule has 18 heavy (non-hydrogen) atoms. The molecule has 3 nitrogen and oxygen atoms in total. The Morgan fingerprint density at radius 2 is 2.06 bits per heavy atom. The first-order valence-electron chi connectivity index (χ1n) is 5.65. The van der Waals surface area contributed by atoms with Crippen molar-refractivity contribution in [2.75, 3.05) is 0 Å². The van der Waals surface area contributed by atoms with Crippen molar-refractivity contribution >= 4 is 11.8 Å². The van der Waals surface area contributed by atoms with Gasteiger partial charge in [0.1, 0.15) is 11.6 Å². The highest BCUT2D eigenvalue weighted by Crippen LogP contribution is 2.26. The number of nitrogens with two attached hydrogens (primary N) is 1. The summed E-state index contributed by atoms with van der Waals surface area (Å²) in [5.74, 6) is 1.06. The third-order valence-electron chi connectivity index (χ3n) is 2.74. The van der Waals surface area contributed by atoms with Crippen molar-refractivity contribution in [3.8, 4) is 0 Å². The molecule has 0 saturated carbocycles. The number of hydrogen-bond donors (Lipinski definition) is 1. The van der Waals surface area contributed by atoms with Crippen molar-refractivity contribution in [3.63, 3.8) is 0 Å². The monoisotopic (exact) mass is 266 g/mol. The molecule has 0 aliphatic rings. The molecule has 1 heterocycles. The first-order chi connectivity index (χ1) is 8.61. The molecule has 0 aliphatic carbocycles. The van der Waals surface area contributed by atoms with Crippen molar-refractivity contribution in [3.05, 3.63) is 46.6 Å². The molecule has 2 N–H and O–H groups in total. The zero-order valence-electron chi connectivity index (χ0n) is 10.4. The number of halogens is 1. The molecule has 5 heteroatoms. The Morgan fingerprint density at radius 1 is 1.33 bits per heavy atom. The van der Waals surface area contributed by atoms with Gasteiger partial charge in [0.25, 0.3) is 5.22 Å². The largest absolute Gasteiger partial charge is 0.437 e. The van der Waals surface area contributed by atoms with Crippen LogP contribution in [0.15, 0.2) is 27.8 Å². The maximum Gasteiger partial charge on any atom is 0.256 e. The van der Waals surface area contributed by atoms with E-state index in [1.54, 1.807) is 12.1 Å². The molecule has 0 aliphatic heterocycles. The Kier molecular flexibility index (Phi) is 4.04. The van der Waals surface area contributed by atoms with Gasteiger partial charge in [0, 0.05) is 17.9 Å². The minimum Gasteiger partial charge on any atom is -0.437 e. The fourth-order valence-corrected chi connectivity index (χ4v) is 2.43. The molecule has 1 aromatic carbocycles. The number of aryl methyl sites for hydroxylation is 2. The van der Waals surface area contributed by atoms with Gasteiger partial charge in [-0.3, -0.25) is 0 Å². The molecule has 1 aromatic heterocycles. The van der Waals surface area contributed by atoms with E-state index in [-0.39, 0.29) is 12.4 Å². The molecule has 0 radical (unpaired) electrons. The van der Waals surface area contributed by atoms with Gasteiger partial charge in [-0.2, -0.15) is 0 Å². The van der Waals surface area contributed by atoms with Crippen molar-refractivity contribution in [2.45, 2.75) is 31.4 Å². The second kappa shape index (κ2) is 5.54. The van der Waals surface area contributed by atoms with Crippen molar-refractivity contribution in [1.29, 1.82) is 0 Å². The molecule has 0 saturated heterocycles. The molecular weight excluding hydrogens is 251 g/mol. The van der Waals surface area contributed by atoms with Crippen molar-refractivity contribution in [1.82, 2.24) is 4.98 Å². The van der Waals surface area contributed by atoms with Gasteiger partial charge in [0.15, 0.2) is 0 Å². The summed E-state index contributed by atoms with van der Waals surface area (Å²) in [6.07, 6.45) is 0. The van der Waals surface area contributed by atoms with E-state index in [1.807, 2.05) is 19.9 Å². The van der Waals surface area contributed by atoms with E-state index in [0.717, 1.165) is 11.5 Å². The molecule has 0 bridgehead atoms. The summed E-state index contributed by atoms with van der Waals surface area (Å²) in [7, 11) is 0. The SMILES string of the molecule is Cc1nc(SCc2cccc(CN)c2F)oc1C. The lowest BCUT2D eigenvalue weighted by molar-refractivity contribution is 0.431. The number of thioether (sulfide) groups is 1.